The molecule has 5 nitrogen and oxygen atoms in total. The Balaban J connectivity index is 1.85. The fourth-order valence-electron chi connectivity index (χ4n) is 2.62. The molecule has 0 aromatic heterocycles. The highest BCUT2D eigenvalue weighted by molar-refractivity contribution is 5.89. The Hall–Kier alpha value is -1.59. The molecule has 0 fully saturated rings. The van der Waals surface area contributed by atoms with Gasteiger partial charge in [-0.15, -0.1) is 0 Å². The zero-order valence-electron chi connectivity index (χ0n) is 12.9. The minimum Gasteiger partial charge on any atom is -0.393 e. The van der Waals surface area contributed by atoms with Gasteiger partial charge in [-0.25, -0.2) is 4.79 Å². The first-order valence-electron chi connectivity index (χ1n) is 7.28. The Labute approximate surface area is 125 Å². The van der Waals surface area contributed by atoms with Crippen LogP contribution in [0, 0.1) is 5.41 Å². The zero-order chi connectivity index (χ0) is 15.5. The van der Waals surface area contributed by atoms with Crippen LogP contribution >= 0.6 is 0 Å². The van der Waals surface area contributed by atoms with E-state index in [9.17, 15) is 9.90 Å². The van der Waals surface area contributed by atoms with Gasteiger partial charge < -0.3 is 20.5 Å². The van der Waals surface area contributed by atoms with E-state index in [0.29, 0.717) is 26.2 Å². The number of rotatable bonds is 5. The molecule has 0 aliphatic carbocycles. The summed E-state index contributed by atoms with van der Waals surface area (Å²) in [5, 5.41) is 15.1. The van der Waals surface area contributed by atoms with E-state index >= 15 is 0 Å². The molecule has 1 atom stereocenters. The van der Waals surface area contributed by atoms with Crippen LogP contribution in [0.1, 0.15) is 38.3 Å². The Bertz CT molecular complexity index is 512. The summed E-state index contributed by atoms with van der Waals surface area (Å²) in [5.74, 6) is 0. The molecule has 2 amide bonds. The molecule has 1 aliphatic heterocycles. The fourth-order valence-corrected chi connectivity index (χ4v) is 2.62. The number of carbonyl (C=O) groups excluding carboxylic acids is 1. The third-order valence-corrected chi connectivity index (χ3v) is 3.55. The maximum absolute atomic E-state index is 11.9. The van der Waals surface area contributed by atoms with E-state index in [4.69, 9.17) is 4.74 Å². The SMILES string of the molecule is CC(O)CC(C)(C)CNC(=O)Nc1ccc2c(c1)COC2. The Morgan fingerprint density at radius 3 is 2.81 bits per heavy atom. The van der Waals surface area contributed by atoms with Crippen LogP contribution in [-0.2, 0) is 18.0 Å². The first-order chi connectivity index (χ1) is 9.85. The number of hydrogen-bond acceptors (Lipinski definition) is 3. The van der Waals surface area contributed by atoms with Gasteiger partial charge >= 0.3 is 6.03 Å². The Morgan fingerprint density at radius 2 is 2.10 bits per heavy atom. The van der Waals surface area contributed by atoms with Crippen LogP contribution < -0.4 is 10.6 Å². The number of hydrogen-bond donors (Lipinski definition) is 3. The molecule has 1 heterocycles. The first kappa shape index (κ1) is 15.8. The molecule has 0 spiro atoms. The van der Waals surface area contributed by atoms with Crippen LogP contribution in [0.15, 0.2) is 18.2 Å². The van der Waals surface area contributed by atoms with E-state index in [2.05, 4.69) is 10.6 Å². The summed E-state index contributed by atoms with van der Waals surface area (Å²) in [4.78, 5) is 11.9. The predicted octanol–water partition coefficient (Wildman–Crippen LogP) is 2.64. The average Bonchev–Trinajstić information content (AvgIpc) is 2.82. The molecule has 21 heavy (non-hydrogen) atoms. The van der Waals surface area contributed by atoms with Crippen LogP contribution in [0.4, 0.5) is 10.5 Å². The van der Waals surface area contributed by atoms with Crippen molar-refractivity contribution < 1.29 is 14.6 Å². The van der Waals surface area contributed by atoms with Gasteiger partial charge in [0.1, 0.15) is 0 Å². The number of aliphatic hydroxyl groups excluding tert-OH is 1. The fraction of sp³-hybridized carbons (Fsp3) is 0.562. The number of amides is 2. The second-order valence-corrected chi connectivity index (χ2v) is 6.50. The molecule has 0 bridgehead atoms. The number of urea groups is 1. The van der Waals surface area contributed by atoms with Gasteiger partial charge in [-0.05, 0) is 42.0 Å². The van der Waals surface area contributed by atoms with Crippen molar-refractivity contribution >= 4 is 11.7 Å². The average molecular weight is 292 g/mol. The van der Waals surface area contributed by atoms with E-state index in [0.717, 1.165) is 11.3 Å². The van der Waals surface area contributed by atoms with Crippen molar-refractivity contribution in [3.63, 3.8) is 0 Å². The smallest absolute Gasteiger partial charge is 0.319 e. The van der Waals surface area contributed by atoms with Crippen LogP contribution in [-0.4, -0.2) is 23.8 Å². The molecule has 1 aliphatic rings. The van der Waals surface area contributed by atoms with Gasteiger partial charge in [0.05, 0.1) is 19.3 Å². The summed E-state index contributed by atoms with van der Waals surface area (Å²) in [7, 11) is 0. The summed E-state index contributed by atoms with van der Waals surface area (Å²) in [6, 6.07) is 5.58. The summed E-state index contributed by atoms with van der Waals surface area (Å²) in [5.41, 5.74) is 2.93. The number of nitrogens with one attached hydrogen (secondary N) is 2. The van der Waals surface area contributed by atoms with E-state index in [1.807, 2.05) is 32.0 Å². The van der Waals surface area contributed by atoms with Crippen molar-refractivity contribution in [1.82, 2.24) is 5.32 Å². The lowest BCUT2D eigenvalue weighted by atomic mass is 9.87. The minimum atomic E-state index is -0.374. The van der Waals surface area contributed by atoms with E-state index < -0.39 is 0 Å². The summed E-state index contributed by atoms with van der Waals surface area (Å²) in [6.45, 7) is 7.56. The Kier molecular flexibility index (Phi) is 4.85. The third kappa shape index (κ3) is 4.72. The molecule has 3 N–H and O–H groups in total. The lowest BCUT2D eigenvalue weighted by molar-refractivity contribution is 0.129. The molecule has 0 radical (unpaired) electrons. The van der Waals surface area contributed by atoms with Gasteiger partial charge in [-0.3, -0.25) is 0 Å². The normalized spacial score (nSPS) is 15.4. The molecular weight excluding hydrogens is 268 g/mol. The minimum absolute atomic E-state index is 0.142. The number of benzene rings is 1. The topological polar surface area (TPSA) is 70.6 Å². The van der Waals surface area contributed by atoms with Crippen molar-refractivity contribution in [2.75, 3.05) is 11.9 Å². The molecule has 1 unspecified atom stereocenters. The molecule has 0 saturated heterocycles. The standard InChI is InChI=1S/C16H24N2O3/c1-11(19)7-16(2,3)10-17-15(20)18-14-5-4-12-8-21-9-13(12)6-14/h4-6,11,19H,7-10H2,1-3H3,(H2,17,18,20). The van der Waals surface area contributed by atoms with Crippen LogP contribution in [0.5, 0.6) is 0 Å². The molecule has 1 aromatic carbocycles. The maximum atomic E-state index is 11.9. The number of ether oxygens (including phenoxy) is 1. The van der Waals surface area contributed by atoms with Gasteiger partial charge in [0.15, 0.2) is 0 Å². The quantitative estimate of drug-likeness (QED) is 0.781. The second kappa shape index (κ2) is 6.45. The van der Waals surface area contributed by atoms with E-state index in [1.165, 1.54) is 5.56 Å². The van der Waals surface area contributed by atoms with Crippen molar-refractivity contribution in [2.24, 2.45) is 5.41 Å². The summed E-state index contributed by atoms with van der Waals surface area (Å²) >= 11 is 0. The van der Waals surface area contributed by atoms with E-state index in [1.54, 1.807) is 6.92 Å². The third-order valence-electron chi connectivity index (χ3n) is 3.55. The van der Waals surface area contributed by atoms with E-state index in [-0.39, 0.29) is 17.6 Å². The lowest BCUT2D eigenvalue weighted by Crippen LogP contribution is -2.38. The van der Waals surface area contributed by atoms with Crippen molar-refractivity contribution in [1.29, 1.82) is 0 Å². The van der Waals surface area contributed by atoms with Gasteiger partial charge in [0.25, 0.3) is 0 Å². The van der Waals surface area contributed by atoms with Gasteiger partial charge in [-0.1, -0.05) is 19.9 Å². The molecule has 0 saturated carbocycles. The maximum Gasteiger partial charge on any atom is 0.319 e. The highest BCUT2D eigenvalue weighted by atomic mass is 16.5. The van der Waals surface area contributed by atoms with Crippen molar-refractivity contribution in [3.05, 3.63) is 29.3 Å². The Morgan fingerprint density at radius 1 is 1.38 bits per heavy atom. The lowest BCUT2D eigenvalue weighted by Gasteiger charge is -2.26. The monoisotopic (exact) mass is 292 g/mol. The molecule has 116 valence electrons. The molecular formula is C16H24N2O3. The molecule has 1 aromatic rings. The van der Waals surface area contributed by atoms with Crippen molar-refractivity contribution in [3.8, 4) is 0 Å². The van der Waals surface area contributed by atoms with Crippen LogP contribution in [0.3, 0.4) is 0 Å². The first-order valence-corrected chi connectivity index (χ1v) is 7.28. The predicted molar refractivity (Wildman–Crippen MR) is 82.0 cm³/mol. The summed E-state index contributed by atoms with van der Waals surface area (Å²) in [6.07, 6.45) is 0.269. The van der Waals surface area contributed by atoms with Gasteiger partial charge in [0.2, 0.25) is 0 Å². The number of aliphatic hydroxyl groups is 1. The van der Waals surface area contributed by atoms with Crippen LogP contribution in [0.25, 0.3) is 0 Å². The largest absolute Gasteiger partial charge is 0.393 e. The highest BCUT2D eigenvalue weighted by Gasteiger charge is 2.21. The van der Waals surface area contributed by atoms with Gasteiger partial charge in [0, 0.05) is 12.2 Å². The number of fused-ring (bicyclic) bond motifs is 1. The highest BCUT2D eigenvalue weighted by Crippen LogP contribution is 2.23. The summed E-state index contributed by atoms with van der Waals surface area (Å²) < 4.78 is 5.35. The molecule has 5 heteroatoms. The number of carbonyl (C=O) groups is 1. The molecule has 2 rings (SSSR count). The van der Waals surface area contributed by atoms with Gasteiger partial charge in [-0.2, -0.15) is 0 Å². The van der Waals surface area contributed by atoms with Crippen molar-refractivity contribution in [2.45, 2.75) is 46.5 Å². The number of anilines is 1. The zero-order valence-corrected chi connectivity index (χ0v) is 12.9. The second-order valence-electron chi connectivity index (χ2n) is 6.50. The van der Waals surface area contributed by atoms with Crippen LogP contribution in [0.2, 0.25) is 0 Å².